The summed E-state index contributed by atoms with van der Waals surface area (Å²) in [5.74, 6) is -0.0997. The summed E-state index contributed by atoms with van der Waals surface area (Å²) in [4.78, 5) is 12.2. The van der Waals surface area contributed by atoms with Crippen LogP contribution in [-0.2, 0) is 14.8 Å². The fourth-order valence-electron chi connectivity index (χ4n) is 3.76. The SMILES string of the molecule is CCCCCCCC(=O)NC(=S)Nc1ccc(S(=O)(=O)N(C)C2CCCCC2)cc1. The molecule has 0 saturated heterocycles. The van der Waals surface area contributed by atoms with Crippen molar-refractivity contribution in [2.45, 2.75) is 88.5 Å². The number of sulfonamides is 1. The second kappa shape index (κ2) is 12.4. The topological polar surface area (TPSA) is 78.5 Å². The van der Waals surface area contributed by atoms with Gasteiger partial charge in [-0.1, -0.05) is 51.9 Å². The molecule has 2 N–H and O–H groups in total. The first-order valence-electron chi connectivity index (χ1n) is 11.0. The largest absolute Gasteiger partial charge is 0.332 e. The molecule has 0 aromatic heterocycles. The highest BCUT2D eigenvalue weighted by molar-refractivity contribution is 7.89. The van der Waals surface area contributed by atoms with Crippen molar-refractivity contribution in [2.24, 2.45) is 0 Å². The van der Waals surface area contributed by atoms with E-state index >= 15 is 0 Å². The number of carbonyl (C=O) groups excluding carboxylic acids is 1. The number of carbonyl (C=O) groups is 1. The predicted molar refractivity (Wildman–Crippen MR) is 126 cm³/mol. The first-order chi connectivity index (χ1) is 14.3. The first kappa shape index (κ1) is 24.8. The lowest BCUT2D eigenvalue weighted by molar-refractivity contribution is -0.119. The zero-order valence-corrected chi connectivity index (χ0v) is 19.8. The van der Waals surface area contributed by atoms with E-state index in [1.54, 1.807) is 31.3 Å². The molecule has 0 bridgehead atoms. The first-order valence-corrected chi connectivity index (χ1v) is 12.9. The fourth-order valence-corrected chi connectivity index (χ4v) is 5.41. The molecule has 1 aliphatic rings. The van der Waals surface area contributed by atoms with Crippen LogP contribution in [0.3, 0.4) is 0 Å². The summed E-state index contributed by atoms with van der Waals surface area (Å²) in [5.41, 5.74) is 0.641. The third-order valence-corrected chi connectivity index (χ3v) is 7.77. The Labute approximate surface area is 186 Å². The van der Waals surface area contributed by atoms with Crippen molar-refractivity contribution >= 4 is 38.9 Å². The number of hydrogen-bond acceptors (Lipinski definition) is 4. The summed E-state index contributed by atoms with van der Waals surface area (Å²) < 4.78 is 27.3. The monoisotopic (exact) mass is 453 g/mol. The smallest absolute Gasteiger partial charge is 0.243 e. The number of hydrogen-bond donors (Lipinski definition) is 2. The molecule has 1 aliphatic carbocycles. The highest BCUT2D eigenvalue weighted by atomic mass is 32.2. The maximum Gasteiger partial charge on any atom is 0.243 e. The number of rotatable bonds is 10. The molecule has 0 heterocycles. The lowest BCUT2D eigenvalue weighted by atomic mass is 9.96. The number of benzene rings is 1. The molecular formula is C22H35N3O3S2. The van der Waals surface area contributed by atoms with E-state index in [4.69, 9.17) is 12.2 Å². The molecule has 0 spiro atoms. The Morgan fingerprint density at radius 3 is 2.33 bits per heavy atom. The second-order valence-corrected chi connectivity index (χ2v) is 10.4. The zero-order valence-electron chi connectivity index (χ0n) is 18.2. The molecule has 0 unspecified atom stereocenters. The van der Waals surface area contributed by atoms with Crippen molar-refractivity contribution in [3.63, 3.8) is 0 Å². The van der Waals surface area contributed by atoms with E-state index in [1.807, 2.05) is 0 Å². The average molecular weight is 454 g/mol. The number of amides is 1. The van der Waals surface area contributed by atoms with E-state index in [9.17, 15) is 13.2 Å². The predicted octanol–water partition coefficient (Wildman–Crippen LogP) is 4.81. The number of nitrogens with zero attached hydrogens (tertiary/aromatic N) is 1. The number of thiocarbonyl (C=S) groups is 1. The molecule has 0 atom stereocenters. The van der Waals surface area contributed by atoms with Crippen LogP contribution in [0.15, 0.2) is 29.2 Å². The molecular weight excluding hydrogens is 418 g/mol. The average Bonchev–Trinajstić information content (AvgIpc) is 2.74. The summed E-state index contributed by atoms with van der Waals surface area (Å²) in [6.45, 7) is 2.16. The molecule has 30 heavy (non-hydrogen) atoms. The van der Waals surface area contributed by atoms with Crippen molar-refractivity contribution in [3.8, 4) is 0 Å². The zero-order chi connectivity index (χ0) is 22.0. The molecule has 1 aromatic carbocycles. The Bertz CT molecular complexity index is 788. The third kappa shape index (κ3) is 7.63. The van der Waals surface area contributed by atoms with E-state index in [2.05, 4.69) is 17.6 Å². The van der Waals surface area contributed by atoms with Crippen LogP contribution in [0.5, 0.6) is 0 Å². The van der Waals surface area contributed by atoms with Gasteiger partial charge in [-0.05, 0) is 55.7 Å². The minimum absolute atomic E-state index is 0.0753. The van der Waals surface area contributed by atoms with Gasteiger partial charge in [0.1, 0.15) is 0 Å². The summed E-state index contributed by atoms with van der Waals surface area (Å²) in [5, 5.41) is 5.85. The van der Waals surface area contributed by atoms with Crippen LogP contribution in [0.25, 0.3) is 0 Å². The summed E-state index contributed by atoms with van der Waals surface area (Å²) in [6.07, 6.45) is 11.1. The maximum atomic E-state index is 12.9. The molecule has 0 radical (unpaired) electrons. The normalized spacial score (nSPS) is 15.2. The van der Waals surface area contributed by atoms with Crippen molar-refractivity contribution in [3.05, 3.63) is 24.3 Å². The van der Waals surface area contributed by atoms with E-state index in [0.717, 1.165) is 44.9 Å². The van der Waals surface area contributed by atoms with Crippen molar-refractivity contribution in [1.82, 2.24) is 9.62 Å². The summed E-state index contributed by atoms with van der Waals surface area (Å²) in [6, 6.07) is 6.58. The summed E-state index contributed by atoms with van der Waals surface area (Å²) >= 11 is 5.20. The number of nitrogens with one attached hydrogen (secondary N) is 2. The maximum absolute atomic E-state index is 12.9. The van der Waals surface area contributed by atoms with Crippen LogP contribution < -0.4 is 10.6 Å². The lowest BCUT2D eigenvalue weighted by Crippen LogP contribution is -2.38. The molecule has 0 aliphatic heterocycles. The van der Waals surface area contributed by atoms with Crippen LogP contribution >= 0.6 is 12.2 Å². The molecule has 1 amide bonds. The van der Waals surface area contributed by atoms with Crippen molar-refractivity contribution in [1.29, 1.82) is 0 Å². The van der Waals surface area contributed by atoms with Gasteiger partial charge < -0.3 is 10.6 Å². The van der Waals surface area contributed by atoms with Gasteiger partial charge in [-0.25, -0.2) is 8.42 Å². The van der Waals surface area contributed by atoms with E-state index in [1.165, 1.54) is 23.6 Å². The van der Waals surface area contributed by atoms with Gasteiger partial charge in [0.15, 0.2) is 5.11 Å². The van der Waals surface area contributed by atoms with Gasteiger partial charge in [-0.15, -0.1) is 0 Å². The summed E-state index contributed by atoms with van der Waals surface area (Å²) in [7, 11) is -1.85. The van der Waals surface area contributed by atoms with Gasteiger partial charge >= 0.3 is 0 Å². The Kier molecular flexibility index (Phi) is 10.2. The third-order valence-electron chi connectivity index (χ3n) is 5.64. The van der Waals surface area contributed by atoms with Crippen LogP contribution in [0.1, 0.15) is 77.6 Å². The molecule has 1 saturated carbocycles. The van der Waals surface area contributed by atoms with Gasteiger partial charge in [-0.2, -0.15) is 4.31 Å². The quantitative estimate of drug-likeness (QED) is 0.392. The van der Waals surface area contributed by atoms with Gasteiger partial charge in [0, 0.05) is 25.2 Å². The van der Waals surface area contributed by atoms with Crippen LogP contribution in [-0.4, -0.2) is 36.8 Å². The Hall–Kier alpha value is -1.51. The molecule has 168 valence electrons. The number of anilines is 1. The lowest BCUT2D eigenvalue weighted by Gasteiger charge is -2.30. The number of unbranched alkanes of at least 4 members (excludes halogenated alkanes) is 4. The van der Waals surface area contributed by atoms with Gasteiger partial charge in [-0.3, -0.25) is 4.79 Å². The van der Waals surface area contributed by atoms with E-state index in [0.29, 0.717) is 12.1 Å². The molecule has 8 heteroatoms. The van der Waals surface area contributed by atoms with Crippen LogP contribution in [0.4, 0.5) is 5.69 Å². The Balaban J connectivity index is 1.84. The standard InChI is InChI=1S/C22H35N3O3S2/c1-3-4-5-6-10-13-21(26)24-22(29)23-18-14-16-20(17-15-18)30(27,28)25(2)19-11-8-7-9-12-19/h14-17,19H,3-13H2,1-2H3,(H2,23,24,26,29). The fraction of sp³-hybridized carbons (Fsp3) is 0.636. The van der Waals surface area contributed by atoms with Crippen molar-refractivity contribution < 1.29 is 13.2 Å². The highest BCUT2D eigenvalue weighted by Crippen LogP contribution is 2.27. The Morgan fingerprint density at radius 2 is 1.70 bits per heavy atom. The molecule has 1 fully saturated rings. The van der Waals surface area contributed by atoms with Gasteiger partial charge in [0.2, 0.25) is 15.9 Å². The molecule has 2 rings (SSSR count). The van der Waals surface area contributed by atoms with Crippen LogP contribution in [0.2, 0.25) is 0 Å². The second-order valence-electron chi connectivity index (χ2n) is 8.00. The van der Waals surface area contributed by atoms with Crippen LogP contribution in [0, 0.1) is 0 Å². The molecule has 6 nitrogen and oxygen atoms in total. The molecule has 1 aromatic rings. The Morgan fingerprint density at radius 1 is 1.07 bits per heavy atom. The van der Waals surface area contributed by atoms with Gasteiger partial charge in [0.25, 0.3) is 0 Å². The minimum atomic E-state index is -3.52. The highest BCUT2D eigenvalue weighted by Gasteiger charge is 2.28. The minimum Gasteiger partial charge on any atom is -0.332 e. The van der Waals surface area contributed by atoms with E-state index < -0.39 is 10.0 Å². The van der Waals surface area contributed by atoms with E-state index in [-0.39, 0.29) is 22.0 Å². The van der Waals surface area contributed by atoms with Gasteiger partial charge in [0.05, 0.1) is 4.90 Å². The van der Waals surface area contributed by atoms with Crippen molar-refractivity contribution in [2.75, 3.05) is 12.4 Å².